The molecule has 162 valence electrons. The summed E-state index contributed by atoms with van der Waals surface area (Å²) in [6.45, 7) is 7.01. The number of benzene rings is 2. The molecule has 1 atom stereocenters. The first kappa shape index (κ1) is 21.4. The maximum absolute atomic E-state index is 13.4. The van der Waals surface area contributed by atoms with Gasteiger partial charge in [-0.1, -0.05) is 50.6 Å². The molecule has 0 spiro atoms. The topological polar surface area (TPSA) is 69.7 Å². The molecule has 0 unspecified atom stereocenters. The van der Waals surface area contributed by atoms with Crippen LogP contribution >= 0.6 is 11.6 Å². The van der Waals surface area contributed by atoms with E-state index in [4.69, 9.17) is 11.6 Å². The maximum Gasteiger partial charge on any atom is 0.256 e. The van der Waals surface area contributed by atoms with Gasteiger partial charge in [0.15, 0.2) is 0 Å². The molecular weight excluding hydrogens is 414 g/mol. The van der Waals surface area contributed by atoms with Crippen molar-refractivity contribution in [3.05, 3.63) is 53.1 Å². The first-order valence-corrected chi connectivity index (χ1v) is 10.8. The Morgan fingerprint density at radius 1 is 1.06 bits per heavy atom. The quantitative estimate of drug-likeness (QED) is 0.767. The van der Waals surface area contributed by atoms with Gasteiger partial charge in [-0.3, -0.25) is 14.4 Å². The van der Waals surface area contributed by atoms with E-state index in [0.29, 0.717) is 35.8 Å². The van der Waals surface area contributed by atoms with E-state index >= 15 is 0 Å². The zero-order valence-electron chi connectivity index (χ0n) is 17.9. The minimum Gasteiger partial charge on any atom is -0.338 e. The van der Waals surface area contributed by atoms with Gasteiger partial charge in [-0.05, 0) is 40.8 Å². The third-order valence-electron chi connectivity index (χ3n) is 5.66. The number of piperazine rings is 1. The first-order chi connectivity index (χ1) is 14.6. The van der Waals surface area contributed by atoms with Crippen molar-refractivity contribution in [3.8, 4) is 11.1 Å². The van der Waals surface area contributed by atoms with Crippen molar-refractivity contribution < 1.29 is 14.4 Å². The van der Waals surface area contributed by atoms with Gasteiger partial charge in [-0.15, -0.1) is 0 Å². The number of carbonyl (C=O) groups is 3. The Labute approximate surface area is 187 Å². The number of anilines is 1. The van der Waals surface area contributed by atoms with Crippen LogP contribution in [0.25, 0.3) is 11.1 Å². The zero-order valence-corrected chi connectivity index (χ0v) is 18.7. The van der Waals surface area contributed by atoms with Gasteiger partial charge < -0.3 is 15.1 Å². The summed E-state index contributed by atoms with van der Waals surface area (Å²) in [5.74, 6) is -0.448. The number of rotatable bonds is 2. The molecule has 1 saturated heterocycles. The van der Waals surface area contributed by atoms with Crippen molar-refractivity contribution in [1.82, 2.24) is 9.80 Å². The molecule has 3 amide bonds. The molecule has 6 nitrogen and oxygen atoms in total. The number of carbonyl (C=O) groups excluding carboxylic acids is 3. The monoisotopic (exact) mass is 439 g/mol. The van der Waals surface area contributed by atoms with Gasteiger partial charge in [-0.25, -0.2) is 0 Å². The number of amides is 3. The summed E-state index contributed by atoms with van der Waals surface area (Å²) in [6, 6.07) is 12.1. The fraction of sp³-hybridized carbons (Fsp3) is 0.375. The highest BCUT2D eigenvalue weighted by molar-refractivity contribution is 6.30. The lowest BCUT2D eigenvalue weighted by Gasteiger charge is -2.40. The van der Waals surface area contributed by atoms with E-state index in [2.05, 4.69) is 5.32 Å². The van der Waals surface area contributed by atoms with Crippen molar-refractivity contribution in [2.24, 2.45) is 5.41 Å². The van der Waals surface area contributed by atoms with E-state index in [0.717, 1.165) is 11.1 Å². The van der Waals surface area contributed by atoms with E-state index in [-0.39, 0.29) is 29.7 Å². The molecule has 31 heavy (non-hydrogen) atoms. The van der Waals surface area contributed by atoms with E-state index in [1.165, 1.54) is 0 Å². The average Bonchev–Trinajstić information content (AvgIpc) is 2.82. The van der Waals surface area contributed by atoms with Crippen molar-refractivity contribution in [2.45, 2.75) is 33.2 Å². The molecule has 0 radical (unpaired) electrons. The van der Waals surface area contributed by atoms with Crippen LogP contribution in [0.2, 0.25) is 5.02 Å². The lowest BCUT2D eigenvalue weighted by Crippen LogP contribution is -2.59. The molecule has 2 aliphatic heterocycles. The normalized spacial score (nSPS) is 18.8. The van der Waals surface area contributed by atoms with Crippen LogP contribution in [0.4, 0.5) is 5.69 Å². The van der Waals surface area contributed by atoms with Gasteiger partial charge in [0.25, 0.3) is 5.91 Å². The van der Waals surface area contributed by atoms with Crippen molar-refractivity contribution in [2.75, 3.05) is 25.0 Å². The fourth-order valence-corrected chi connectivity index (χ4v) is 4.19. The number of nitrogens with zero attached hydrogens (tertiary/aromatic N) is 2. The molecule has 1 fully saturated rings. The summed E-state index contributed by atoms with van der Waals surface area (Å²) in [4.78, 5) is 42.3. The van der Waals surface area contributed by atoms with Gasteiger partial charge in [-0.2, -0.15) is 0 Å². The highest BCUT2D eigenvalue weighted by Crippen LogP contribution is 2.31. The average molecular weight is 440 g/mol. The number of hydrogen-bond donors (Lipinski definition) is 1. The molecular formula is C24H26ClN3O3. The van der Waals surface area contributed by atoms with Crippen LogP contribution in [-0.4, -0.2) is 53.2 Å². The lowest BCUT2D eigenvalue weighted by molar-refractivity contribution is -0.137. The second kappa shape index (κ2) is 8.00. The maximum atomic E-state index is 13.4. The number of halogens is 1. The first-order valence-electron chi connectivity index (χ1n) is 10.4. The minimum absolute atomic E-state index is 0.0131. The molecule has 2 aromatic carbocycles. The number of nitrogens with one attached hydrogen (secondary N) is 1. The molecule has 2 heterocycles. The summed E-state index contributed by atoms with van der Waals surface area (Å²) in [6.07, 6.45) is 0.403. The standard InChI is InChI=1S/C24H26ClN3O3/c1-24(2,3)13-21(29)27-10-11-28-20(14-27)22(30)26-19-9-6-16(12-18(19)23(28)31)15-4-7-17(25)8-5-15/h4-9,12,20H,10-11,13-14H2,1-3H3,(H,26,30)/t20-/m1/s1. The van der Waals surface area contributed by atoms with Crippen LogP contribution in [-0.2, 0) is 9.59 Å². The van der Waals surface area contributed by atoms with Gasteiger partial charge in [0.05, 0.1) is 17.8 Å². The predicted octanol–water partition coefficient (Wildman–Crippen LogP) is 4.05. The number of hydrogen-bond acceptors (Lipinski definition) is 3. The van der Waals surface area contributed by atoms with Gasteiger partial charge >= 0.3 is 0 Å². The Morgan fingerprint density at radius 3 is 2.42 bits per heavy atom. The van der Waals surface area contributed by atoms with Crippen LogP contribution in [0.3, 0.4) is 0 Å². The van der Waals surface area contributed by atoms with Crippen molar-refractivity contribution in [3.63, 3.8) is 0 Å². The molecule has 7 heteroatoms. The summed E-state index contributed by atoms with van der Waals surface area (Å²) in [5.41, 5.74) is 2.62. The van der Waals surface area contributed by atoms with Gasteiger partial charge in [0.1, 0.15) is 6.04 Å². The Kier molecular flexibility index (Phi) is 5.52. The third-order valence-corrected chi connectivity index (χ3v) is 5.92. The van der Waals surface area contributed by atoms with Crippen molar-refractivity contribution >= 4 is 35.0 Å². The molecule has 0 aliphatic carbocycles. The zero-order chi connectivity index (χ0) is 22.3. The largest absolute Gasteiger partial charge is 0.338 e. The third kappa shape index (κ3) is 4.44. The molecule has 2 aliphatic rings. The van der Waals surface area contributed by atoms with Gasteiger partial charge in [0.2, 0.25) is 11.8 Å². The van der Waals surface area contributed by atoms with Gasteiger partial charge in [0, 0.05) is 24.5 Å². The summed E-state index contributed by atoms with van der Waals surface area (Å²) >= 11 is 5.98. The smallest absolute Gasteiger partial charge is 0.256 e. The van der Waals surface area contributed by atoms with Crippen LogP contribution < -0.4 is 5.32 Å². The lowest BCUT2D eigenvalue weighted by atomic mass is 9.91. The summed E-state index contributed by atoms with van der Waals surface area (Å²) < 4.78 is 0. The van der Waals surface area contributed by atoms with Crippen LogP contribution in [0.15, 0.2) is 42.5 Å². The Bertz CT molecular complexity index is 1040. The molecule has 0 saturated carbocycles. The summed E-state index contributed by atoms with van der Waals surface area (Å²) in [7, 11) is 0. The highest BCUT2D eigenvalue weighted by Gasteiger charge is 2.40. The Hall–Kier alpha value is -2.86. The SMILES string of the molecule is CC(C)(C)CC(=O)N1CCN2C(=O)c3cc(-c4ccc(Cl)cc4)ccc3NC(=O)[C@H]2C1. The fourth-order valence-electron chi connectivity index (χ4n) is 4.07. The predicted molar refractivity (Wildman–Crippen MR) is 121 cm³/mol. The molecule has 1 N–H and O–H groups in total. The van der Waals surface area contributed by atoms with Crippen LogP contribution in [0.1, 0.15) is 37.6 Å². The molecule has 0 aromatic heterocycles. The van der Waals surface area contributed by atoms with Crippen LogP contribution in [0, 0.1) is 5.41 Å². The second-order valence-corrected chi connectivity index (χ2v) is 9.78. The number of fused-ring (bicyclic) bond motifs is 2. The van der Waals surface area contributed by atoms with E-state index in [9.17, 15) is 14.4 Å². The minimum atomic E-state index is -0.698. The van der Waals surface area contributed by atoms with Crippen molar-refractivity contribution in [1.29, 1.82) is 0 Å². The Balaban J connectivity index is 1.60. The molecule has 0 bridgehead atoms. The summed E-state index contributed by atoms with van der Waals surface area (Å²) in [5, 5.41) is 3.53. The van der Waals surface area contributed by atoms with E-state index in [1.54, 1.807) is 34.1 Å². The molecule has 2 aromatic rings. The highest BCUT2D eigenvalue weighted by atomic mass is 35.5. The van der Waals surface area contributed by atoms with Crippen LogP contribution in [0.5, 0.6) is 0 Å². The van der Waals surface area contributed by atoms with E-state index in [1.807, 2.05) is 39.0 Å². The Morgan fingerprint density at radius 2 is 1.74 bits per heavy atom. The second-order valence-electron chi connectivity index (χ2n) is 9.35. The van der Waals surface area contributed by atoms with E-state index < -0.39 is 6.04 Å². The molecule has 4 rings (SSSR count).